The van der Waals surface area contributed by atoms with Crippen LogP contribution in [0.15, 0.2) is 79.1 Å². The van der Waals surface area contributed by atoms with Crippen molar-refractivity contribution < 1.29 is 22.3 Å². The molecule has 0 bridgehead atoms. The molecule has 0 aliphatic rings. The number of benzene rings is 3. The first-order chi connectivity index (χ1) is 17.8. The Morgan fingerprint density at radius 1 is 1.03 bits per heavy atom. The van der Waals surface area contributed by atoms with Gasteiger partial charge >= 0.3 is 0 Å². The summed E-state index contributed by atoms with van der Waals surface area (Å²) in [5.41, 5.74) is 2.12. The van der Waals surface area contributed by atoms with Gasteiger partial charge in [0.25, 0.3) is 0 Å². The third-order valence-electron chi connectivity index (χ3n) is 5.97. The molecule has 37 heavy (non-hydrogen) atoms. The number of pyridine rings is 1. The van der Waals surface area contributed by atoms with E-state index < -0.39 is 34.2 Å². The van der Waals surface area contributed by atoms with Gasteiger partial charge in [-0.25, -0.2) is 22.7 Å². The summed E-state index contributed by atoms with van der Waals surface area (Å²) in [4.78, 5) is 20.8. The zero-order valence-corrected chi connectivity index (χ0v) is 20.5. The van der Waals surface area contributed by atoms with Crippen molar-refractivity contribution >= 4 is 39.7 Å². The average Bonchev–Trinajstić information content (AvgIpc) is 3.31. The Balaban J connectivity index is 1.59. The number of hydrogen-bond donors (Lipinski definition) is 3. The molecule has 0 saturated carbocycles. The van der Waals surface area contributed by atoms with Gasteiger partial charge in [0.05, 0.1) is 5.56 Å². The predicted molar refractivity (Wildman–Crippen MR) is 139 cm³/mol. The molecular formula is C27H18ClF2N3O3S. The van der Waals surface area contributed by atoms with E-state index in [0.29, 0.717) is 32.7 Å². The molecule has 5 rings (SSSR count). The van der Waals surface area contributed by atoms with E-state index in [1.807, 2.05) is 0 Å². The van der Waals surface area contributed by atoms with E-state index in [0.717, 1.165) is 11.6 Å². The molecule has 0 amide bonds. The van der Waals surface area contributed by atoms with Gasteiger partial charge in [0.2, 0.25) is 17.0 Å². The van der Waals surface area contributed by atoms with Crippen LogP contribution in [0.25, 0.3) is 33.3 Å². The Bertz CT molecular complexity index is 1670. The molecule has 3 aromatic carbocycles. The molecule has 0 radical (unpaired) electrons. The molecule has 10 heteroatoms. The van der Waals surface area contributed by atoms with Gasteiger partial charge in [0.1, 0.15) is 17.3 Å². The molecule has 1 atom stereocenters. The normalized spacial score (nSPS) is 12.1. The highest BCUT2D eigenvalue weighted by Gasteiger charge is 2.25. The van der Waals surface area contributed by atoms with Gasteiger partial charge in [-0.3, -0.25) is 9.35 Å². The number of carbonyl (C=O) groups excluding carboxylic acids is 1. The molecule has 1 unspecified atom stereocenters. The maximum atomic E-state index is 15.8. The molecule has 0 aliphatic heterocycles. The fourth-order valence-corrected chi connectivity index (χ4v) is 4.58. The van der Waals surface area contributed by atoms with Crippen LogP contribution in [-0.2, 0) is 17.8 Å². The molecule has 0 saturated heterocycles. The van der Waals surface area contributed by atoms with E-state index in [4.69, 9.17) is 16.2 Å². The van der Waals surface area contributed by atoms with E-state index >= 15 is 4.39 Å². The van der Waals surface area contributed by atoms with Crippen LogP contribution in [0.2, 0.25) is 5.02 Å². The minimum Gasteiger partial charge on any atom is -0.345 e. The van der Waals surface area contributed by atoms with Crippen molar-refractivity contribution in [2.45, 2.75) is 6.54 Å². The van der Waals surface area contributed by atoms with Crippen LogP contribution in [-0.4, -0.2) is 24.5 Å². The zero-order valence-electron chi connectivity index (χ0n) is 19.0. The number of fused-ring (bicyclic) bond motifs is 1. The number of aromatic nitrogens is 2. The number of aromatic amines is 1. The van der Waals surface area contributed by atoms with E-state index in [-0.39, 0.29) is 17.7 Å². The van der Waals surface area contributed by atoms with Gasteiger partial charge < -0.3 is 4.98 Å². The number of nitrogens with one attached hydrogen (secondary N) is 2. The number of halogens is 3. The van der Waals surface area contributed by atoms with Crippen LogP contribution in [0.3, 0.4) is 0 Å². The van der Waals surface area contributed by atoms with Crippen LogP contribution < -0.4 is 4.72 Å². The van der Waals surface area contributed by atoms with Crippen molar-refractivity contribution in [3.63, 3.8) is 0 Å². The summed E-state index contributed by atoms with van der Waals surface area (Å²) in [6.45, 7) is -0.0407. The van der Waals surface area contributed by atoms with Gasteiger partial charge in [-0.15, -0.1) is 0 Å². The van der Waals surface area contributed by atoms with Crippen LogP contribution in [0.5, 0.6) is 0 Å². The number of rotatable bonds is 7. The smallest absolute Gasteiger partial charge is 0.232 e. The number of H-pyrrole nitrogens is 1. The number of ketones is 1. The van der Waals surface area contributed by atoms with Crippen LogP contribution in [0.4, 0.5) is 8.78 Å². The second-order valence-electron chi connectivity index (χ2n) is 8.17. The molecule has 2 heterocycles. The van der Waals surface area contributed by atoms with E-state index in [9.17, 15) is 13.4 Å². The van der Waals surface area contributed by atoms with Gasteiger partial charge in [-0.1, -0.05) is 48.0 Å². The summed E-state index contributed by atoms with van der Waals surface area (Å²) >= 11 is 3.70. The van der Waals surface area contributed by atoms with Gasteiger partial charge in [-0.05, 0) is 47.0 Å². The Morgan fingerprint density at radius 2 is 1.78 bits per heavy atom. The lowest BCUT2D eigenvalue weighted by Gasteiger charge is -2.13. The first-order valence-electron chi connectivity index (χ1n) is 11.0. The minimum atomic E-state index is -2.28. The third kappa shape index (κ3) is 4.94. The fourth-order valence-electron chi connectivity index (χ4n) is 4.17. The first-order valence-corrected chi connectivity index (χ1v) is 12.5. The molecular weight excluding hydrogens is 520 g/mol. The van der Waals surface area contributed by atoms with Gasteiger partial charge in [-0.2, -0.15) is 0 Å². The highest BCUT2D eigenvalue weighted by molar-refractivity contribution is 7.77. The van der Waals surface area contributed by atoms with Crippen LogP contribution >= 0.6 is 11.6 Å². The standard InChI is InChI=1S/C27H18ClF2N3O3S/c28-18-7-5-15(6-8-18)17-11-21-22(14-32-27(21)31-12-17)26(34)24-23(29)10-9-20(25(24)30)19-4-2-1-3-16(19)13-33-37(35)36/h1-12,14,33H,13H2,(H,31,32)(H,35,36). The minimum absolute atomic E-state index is 0.00862. The molecule has 0 spiro atoms. The maximum absolute atomic E-state index is 15.8. The van der Waals surface area contributed by atoms with Crippen molar-refractivity contribution in [3.05, 3.63) is 112 Å². The largest absolute Gasteiger partial charge is 0.345 e. The highest BCUT2D eigenvalue weighted by Crippen LogP contribution is 2.33. The second kappa shape index (κ2) is 10.3. The molecule has 186 valence electrons. The van der Waals surface area contributed by atoms with Crippen molar-refractivity contribution in [3.8, 4) is 22.3 Å². The summed E-state index contributed by atoms with van der Waals surface area (Å²) in [5, 5.41) is 0.986. The Kier molecular flexibility index (Phi) is 6.94. The average molecular weight is 538 g/mol. The lowest BCUT2D eigenvalue weighted by atomic mass is 9.94. The molecule has 5 aromatic rings. The summed E-state index contributed by atoms with van der Waals surface area (Å²) in [5.74, 6) is -2.88. The van der Waals surface area contributed by atoms with E-state index in [1.54, 1.807) is 60.8 Å². The van der Waals surface area contributed by atoms with Crippen LogP contribution in [0, 0.1) is 11.6 Å². The second-order valence-corrected chi connectivity index (χ2v) is 9.39. The van der Waals surface area contributed by atoms with E-state index in [2.05, 4.69) is 14.7 Å². The first kappa shape index (κ1) is 24.9. The Labute approximate surface area is 217 Å². The van der Waals surface area contributed by atoms with E-state index in [1.165, 1.54) is 12.3 Å². The topological polar surface area (TPSA) is 95.1 Å². The van der Waals surface area contributed by atoms with Crippen molar-refractivity contribution in [2.24, 2.45) is 0 Å². The molecule has 3 N–H and O–H groups in total. The predicted octanol–water partition coefficient (Wildman–Crippen LogP) is 6.29. The van der Waals surface area contributed by atoms with Gasteiger partial charge in [0, 0.05) is 46.0 Å². The fraction of sp³-hybridized carbons (Fsp3) is 0.0370. The Morgan fingerprint density at radius 3 is 2.54 bits per heavy atom. The zero-order chi connectivity index (χ0) is 26.1. The monoisotopic (exact) mass is 537 g/mol. The maximum Gasteiger partial charge on any atom is 0.232 e. The van der Waals surface area contributed by atoms with Crippen molar-refractivity contribution in [2.75, 3.05) is 0 Å². The molecule has 0 fully saturated rings. The number of hydrogen-bond acceptors (Lipinski definition) is 3. The highest BCUT2D eigenvalue weighted by atomic mass is 35.5. The summed E-state index contributed by atoms with van der Waals surface area (Å²) in [6.07, 6.45) is 3.01. The summed E-state index contributed by atoms with van der Waals surface area (Å²) in [6, 6.07) is 17.6. The Hall–Kier alpha value is -3.76. The number of carbonyl (C=O) groups is 1. The summed E-state index contributed by atoms with van der Waals surface area (Å²) < 4.78 is 53.2. The quantitative estimate of drug-likeness (QED) is 0.168. The van der Waals surface area contributed by atoms with Crippen molar-refractivity contribution in [1.82, 2.24) is 14.7 Å². The van der Waals surface area contributed by atoms with Crippen molar-refractivity contribution in [1.29, 1.82) is 0 Å². The summed E-state index contributed by atoms with van der Waals surface area (Å²) in [7, 11) is 0. The molecule has 0 aliphatic carbocycles. The van der Waals surface area contributed by atoms with Gasteiger partial charge in [0.15, 0.2) is 0 Å². The lowest BCUT2D eigenvalue weighted by molar-refractivity contribution is 0.103. The lowest BCUT2D eigenvalue weighted by Crippen LogP contribution is -2.16. The number of nitrogens with zero attached hydrogens (tertiary/aromatic N) is 1. The van der Waals surface area contributed by atoms with Crippen LogP contribution in [0.1, 0.15) is 21.5 Å². The third-order valence-corrected chi connectivity index (χ3v) is 6.61. The molecule has 2 aromatic heterocycles. The molecule has 6 nitrogen and oxygen atoms in total. The SMILES string of the molecule is O=C(c1c(F)ccc(-c2ccccc2CNS(=O)O)c1F)c1c[nH]c2ncc(-c3ccc(Cl)cc3)cc12.